The predicted octanol–water partition coefficient (Wildman–Crippen LogP) is 4.67. The highest BCUT2D eigenvalue weighted by atomic mass is 32.1. The Morgan fingerprint density at radius 1 is 0.955 bits per heavy atom. The van der Waals surface area contributed by atoms with Gasteiger partial charge in [0, 0.05) is 15.3 Å². The van der Waals surface area contributed by atoms with E-state index in [-0.39, 0.29) is 5.91 Å². The molecule has 0 saturated carbocycles. The third-order valence-electron chi connectivity index (χ3n) is 3.16. The number of hydrogen-bond acceptors (Lipinski definition) is 3. The van der Waals surface area contributed by atoms with Crippen molar-refractivity contribution in [3.63, 3.8) is 0 Å². The molecular weight excluding hydrogens is 310 g/mol. The molecule has 2 nitrogen and oxygen atoms in total. The molecule has 22 heavy (non-hydrogen) atoms. The van der Waals surface area contributed by atoms with Crippen molar-refractivity contribution in [2.45, 2.75) is 6.54 Å². The summed E-state index contributed by atoms with van der Waals surface area (Å²) in [5.74, 6) is -0.0481. The van der Waals surface area contributed by atoms with Gasteiger partial charge in [-0.1, -0.05) is 42.5 Å². The van der Waals surface area contributed by atoms with E-state index in [2.05, 4.69) is 5.32 Å². The van der Waals surface area contributed by atoms with Crippen molar-refractivity contribution >= 4 is 40.2 Å². The topological polar surface area (TPSA) is 29.1 Å². The fourth-order valence-electron chi connectivity index (χ4n) is 2.09. The first-order valence-corrected chi connectivity index (χ1v) is 8.70. The van der Waals surface area contributed by atoms with Gasteiger partial charge in [0.2, 0.25) is 0 Å². The first-order valence-electron chi connectivity index (χ1n) is 6.94. The van der Waals surface area contributed by atoms with Gasteiger partial charge in [-0.3, -0.25) is 4.79 Å². The summed E-state index contributed by atoms with van der Waals surface area (Å²) in [7, 11) is 0. The van der Waals surface area contributed by atoms with Crippen molar-refractivity contribution < 1.29 is 4.79 Å². The molecule has 3 aromatic rings. The average Bonchev–Trinajstić information content (AvgIpc) is 3.24. The minimum atomic E-state index is -0.0481. The van der Waals surface area contributed by atoms with Crippen molar-refractivity contribution in [1.29, 1.82) is 0 Å². The molecule has 0 bridgehead atoms. The highest BCUT2D eigenvalue weighted by Gasteiger charge is 2.12. The first-order chi connectivity index (χ1) is 10.8. The molecule has 4 heteroatoms. The lowest BCUT2D eigenvalue weighted by Crippen LogP contribution is -2.23. The third-order valence-corrected chi connectivity index (χ3v) is 4.86. The van der Waals surface area contributed by atoms with Gasteiger partial charge in [0.05, 0.1) is 6.54 Å². The second-order valence-electron chi connectivity index (χ2n) is 4.70. The van der Waals surface area contributed by atoms with Crippen LogP contribution in [0.1, 0.15) is 15.3 Å². The van der Waals surface area contributed by atoms with Crippen LogP contribution >= 0.6 is 22.7 Å². The highest BCUT2D eigenvalue weighted by Crippen LogP contribution is 2.21. The molecule has 0 spiro atoms. The fraction of sp³-hybridized carbons (Fsp3) is 0.0556. The Kier molecular flexibility index (Phi) is 4.83. The maximum Gasteiger partial charge on any atom is 0.252 e. The Morgan fingerprint density at radius 2 is 1.73 bits per heavy atom. The van der Waals surface area contributed by atoms with Crippen LogP contribution in [0, 0.1) is 0 Å². The van der Waals surface area contributed by atoms with Crippen LogP contribution in [0.2, 0.25) is 0 Å². The molecule has 0 unspecified atom stereocenters. The second kappa shape index (κ2) is 7.20. The monoisotopic (exact) mass is 325 g/mol. The van der Waals surface area contributed by atoms with E-state index >= 15 is 0 Å². The van der Waals surface area contributed by atoms with Gasteiger partial charge in [0.25, 0.3) is 5.91 Å². The molecular formula is C18H15NOS2. The number of rotatable bonds is 5. The Labute approximate surface area is 137 Å². The van der Waals surface area contributed by atoms with Gasteiger partial charge in [-0.25, -0.2) is 0 Å². The average molecular weight is 325 g/mol. The zero-order chi connectivity index (χ0) is 15.2. The van der Waals surface area contributed by atoms with Crippen molar-refractivity contribution in [3.8, 4) is 0 Å². The van der Waals surface area contributed by atoms with Crippen LogP contribution in [0.15, 0.2) is 65.4 Å². The number of amides is 1. The Bertz CT molecular complexity index is 744. The van der Waals surface area contributed by atoms with Crippen LogP contribution in [0.3, 0.4) is 0 Å². The van der Waals surface area contributed by atoms with E-state index in [1.165, 1.54) is 0 Å². The smallest absolute Gasteiger partial charge is 0.252 e. The largest absolute Gasteiger partial charge is 0.347 e. The summed E-state index contributed by atoms with van der Waals surface area (Å²) in [6, 6.07) is 17.8. The Hall–Kier alpha value is -2.17. The molecule has 2 aromatic heterocycles. The SMILES string of the molecule is O=C(NCc1cccs1)C(=Cc1cccs1)c1ccccc1. The van der Waals surface area contributed by atoms with Gasteiger partial charge in [-0.2, -0.15) is 0 Å². The molecule has 0 saturated heterocycles. The standard InChI is InChI=1S/C18H15NOS2/c20-18(19-13-16-9-5-11-22-16)17(12-15-8-4-10-21-15)14-6-2-1-3-7-14/h1-12H,13H2,(H,19,20). The Morgan fingerprint density at radius 3 is 2.41 bits per heavy atom. The maximum atomic E-state index is 12.6. The molecule has 0 fully saturated rings. The minimum Gasteiger partial charge on any atom is -0.347 e. The van der Waals surface area contributed by atoms with E-state index in [1.54, 1.807) is 22.7 Å². The summed E-state index contributed by atoms with van der Waals surface area (Å²) in [5.41, 5.74) is 1.62. The minimum absolute atomic E-state index is 0.0481. The number of thiophene rings is 2. The van der Waals surface area contributed by atoms with Crippen molar-refractivity contribution in [2.75, 3.05) is 0 Å². The molecule has 1 N–H and O–H groups in total. The molecule has 0 aliphatic heterocycles. The molecule has 3 rings (SSSR count). The molecule has 0 aliphatic carbocycles. The summed E-state index contributed by atoms with van der Waals surface area (Å²) in [6.45, 7) is 0.561. The summed E-state index contributed by atoms with van der Waals surface area (Å²) in [6.07, 6.45) is 1.95. The molecule has 110 valence electrons. The van der Waals surface area contributed by atoms with Crippen molar-refractivity contribution in [1.82, 2.24) is 5.32 Å². The molecule has 1 amide bonds. The van der Waals surface area contributed by atoms with Crippen LogP contribution in [-0.4, -0.2) is 5.91 Å². The highest BCUT2D eigenvalue weighted by molar-refractivity contribution is 7.11. The van der Waals surface area contributed by atoms with Crippen LogP contribution in [-0.2, 0) is 11.3 Å². The first kappa shape index (κ1) is 14.8. The van der Waals surface area contributed by atoms with Crippen LogP contribution in [0.4, 0.5) is 0 Å². The van der Waals surface area contributed by atoms with Gasteiger partial charge in [-0.05, 0) is 34.5 Å². The van der Waals surface area contributed by atoms with E-state index < -0.39 is 0 Å². The number of nitrogens with one attached hydrogen (secondary N) is 1. The molecule has 2 heterocycles. The summed E-state index contributed by atoms with van der Waals surface area (Å²) < 4.78 is 0. The lowest BCUT2D eigenvalue weighted by atomic mass is 10.0. The molecule has 0 atom stereocenters. The molecule has 0 radical (unpaired) electrons. The van der Waals surface area contributed by atoms with E-state index in [4.69, 9.17) is 0 Å². The van der Waals surface area contributed by atoms with Crippen molar-refractivity contribution in [2.24, 2.45) is 0 Å². The molecule has 1 aromatic carbocycles. The normalized spacial score (nSPS) is 11.4. The lowest BCUT2D eigenvalue weighted by molar-refractivity contribution is -0.115. The van der Waals surface area contributed by atoms with E-state index in [1.807, 2.05) is 71.4 Å². The quantitative estimate of drug-likeness (QED) is 0.679. The van der Waals surface area contributed by atoms with Gasteiger partial charge < -0.3 is 5.32 Å². The summed E-state index contributed by atoms with van der Waals surface area (Å²) >= 11 is 3.27. The second-order valence-corrected chi connectivity index (χ2v) is 6.71. The van der Waals surface area contributed by atoms with E-state index in [0.29, 0.717) is 12.1 Å². The molecule has 0 aliphatic rings. The number of benzene rings is 1. The van der Waals surface area contributed by atoms with Crippen molar-refractivity contribution in [3.05, 3.63) is 80.7 Å². The predicted molar refractivity (Wildman–Crippen MR) is 94.8 cm³/mol. The zero-order valence-corrected chi connectivity index (χ0v) is 13.5. The lowest BCUT2D eigenvalue weighted by Gasteiger charge is -2.08. The third kappa shape index (κ3) is 3.72. The van der Waals surface area contributed by atoms with E-state index in [0.717, 1.165) is 15.3 Å². The van der Waals surface area contributed by atoms with Gasteiger partial charge in [-0.15, -0.1) is 22.7 Å². The maximum absolute atomic E-state index is 12.6. The fourth-order valence-corrected chi connectivity index (χ4v) is 3.39. The van der Waals surface area contributed by atoms with Crippen LogP contribution in [0.5, 0.6) is 0 Å². The van der Waals surface area contributed by atoms with Gasteiger partial charge >= 0.3 is 0 Å². The Balaban J connectivity index is 1.83. The number of carbonyl (C=O) groups is 1. The summed E-state index contributed by atoms with van der Waals surface area (Å²) in [4.78, 5) is 14.8. The zero-order valence-electron chi connectivity index (χ0n) is 11.9. The van der Waals surface area contributed by atoms with Crippen LogP contribution < -0.4 is 5.32 Å². The van der Waals surface area contributed by atoms with Crippen LogP contribution in [0.25, 0.3) is 11.6 Å². The number of carbonyl (C=O) groups excluding carboxylic acids is 1. The number of hydrogen-bond donors (Lipinski definition) is 1. The van der Waals surface area contributed by atoms with Gasteiger partial charge in [0.15, 0.2) is 0 Å². The van der Waals surface area contributed by atoms with E-state index in [9.17, 15) is 4.79 Å². The summed E-state index contributed by atoms with van der Waals surface area (Å²) in [5, 5.41) is 7.03. The van der Waals surface area contributed by atoms with Gasteiger partial charge in [0.1, 0.15) is 0 Å².